The Balaban J connectivity index is 1.65. The highest BCUT2D eigenvalue weighted by Gasteiger charge is 2.35. The highest BCUT2D eigenvalue weighted by molar-refractivity contribution is 5.78. The summed E-state index contributed by atoms with van der Waals surface area (Å²) in [7, 11) is 4.73. The first-order chi connectivity index (χ1) is 13.6. The van der Waals surface area contributed by atoms with Crippen LogP contribution in [0, 0.1) is 5.92 Å². The molecule has 1 aromatic rings. The highest BCUT2D eigenvalue weighted by atomic mass is 16.5. The zero-order valence-electron chi connectivity index (χ0n) is 17.0. The van der Waals surface area contributed by atoms with E-state index in [4.69, 9.17) is 14.2 Å². The van der Waals surface area contributed by atoms with Crippen LogP contribution in [0.4, 0.5) is 0 Å². The maximum Gasteiger partial charge on any atom is 0.309 e. The van der Waals surface area contributed by atoms with E-state index in [1.54, 1.807) is 14.2 Å². The van der Waals surface area contributed by atoms with Crippen LogP contribution >= 0.6 is 0 Å². The van der Waals surface area contributed by atoms with E-state index < -0.39 is 0 Å². The number of nitrogens with one attached hydrogen (secondary N) is 1. The number of ether oxygens (including phenoxy) is 3. The van der Waals surface area contributed by atoms with Gasteiger partial charge in [0.1, 0.15) is 11.5 Å². The maximum absolute atomic E-state index is 13.1. The van der Waals surface area contributed by atoms with Crippen LogP contribution in [0.15, 0.2) is 18.2 Å². The van der Waals surface area contributed by atoms with Crippen LogP contribution in [0.5, 0.6) is 11.5 Å². The van der Waals surface area contributed by atoms with Gasteiger partial charge in [0.25, 0.3) is 5.91 Å². The molecule has 154 valence electrons. The van der Waals surface area contributed by atoms with Crippen LogP contribution in [0.3, 0.4) is 0 Å². The van der Waals surface area contributed by atoms with Crippen molar-refractivity contribution in [2.24, 2.45) is 5.92 Å². The lowest BCUT2D eigenvalue weighted by atomic mass is 9.97. The van der Waals surface area contributed by atoms with Crippen molar-refractivity contribution in [3.8, 4) is 11.5 Å². The quantitative estimate of drug-likeness (QED) is 0.728. The molecule has 28 heavy (non-hydrogen) atoms. The third-order valence-corrected chi connectivity index (χ3v) is 6.00. The van der Waals surface area contributed by atoms with Gasteiger partial charge in [-0.05, 0) is 31.0 Å². The predicted octanol–water partition coefficient (Wildman–Crippen LogP) is 0.835. The molecule has 0 radical (unpaired) electrons. The second kappa shape index (κ2) is 9.28. The van der Waals surface area contributed by atoms with Gasteiger partial charge in [-0.3, -0.25) is 9.59 Å². The van der Waals surface area contributed by atoms with Crippen molar-refractivity contribution in [1.29, 1.82) is 0 Å². The summed E-state index contributed by atoms with van der Waals surface area (Å²) >= 11 is 0. The molecular formula is C21H31N2O5+. The summed E-state index contributed by atoms with van der Waals surface area (Å²) in [5, 5.41) is 0. The maximum atomic E-state index is 13.1. The first kappa shape index (κ1) is 20.5. The van der Waals surface area contributed by atoms with E-state index in [2.05, 4.69) is 0 Å². The molecule has 0 spiro atoms. The van der Waals surface area contributed by atoms with Gasteiger partial charge in [0, 0.05) is 24.9 Å². The number of hydrogen-bond acceptors (Lipinski definition) is 5. The number of benzene rings is 1. The van der Waals surface area contributed by atoms with E-state index in [-0.39, 0.29) is 23.8 Å². The molecule has 0 saturated carbocycles. The SMILES string of the molecule is COC(=O)C1CC[NH+](CC(=O)N2CCC[C@@H]2c2cc(OC)ccc2OC)CC1. The number of nitrogens with zero attached hydrogens (tertiary/aromatic N) is 1. The smallest absolute Gasteiger partial charge is 0.309 e. The molecule has 1 atom stereocenters. The average Bonchev–Trinajstić information content (AvgIpc) is 3.23. The van der Waals surface area contributed by atoms with Crippen molar-refractivity contribution in [1.82, 2.24) is 4.90 Å². The first-order valence-electron chi connectivity index (χ1n) is 10.00. The fourth-order valence-corrected chi connectivity index (χ4v) is 4.41. The molecule has 2 saturated heterocycles. The van der Waals surface area contributed by atoms with Gasteiger partial charge in [0.2, 0.25) is 0 Å². The Kier molecular flexibility index (Phi) is 6.78. The molecule has 2 fully saturated rings. The van der Waals surface area contributed by atoms with E-state index in [0.717, 1.165) is 62.4 Å². The number of methoxy groups -OCH3 is 3. The normalized spacial score (nSPS) is 24.7. The monoisotopic (exact) mass is 391 g/mol. The number of hydrogen-bond donors (Lipinski definition) is 1. The number of piperidine rings is 1. The van der Waals surface area contributed by atoms with Gasteiger partial charge in [-0.2, -0.15) is 0 Å². The summed E-state index contributed by atoms with van der Waals surface area (Å²) in [5.41, 5.74) is 1.01. The van der Waals surface area contributed by atoms with E-state index in [0.29, 0.717) is 6.54 Å². The lowest BCUT2D eigenvalue weighted by Gasteiger charge is -2.31. The minimum absolute atomic E-state index is 0.0181. The van der Waals surface area contributed by atoms with Gasteiger partial charge in [0.15, 0.2) is 6.54 Å². The second-order valence-corrected chi connectivity index (χ2v) is 7.58. The van der Waals surface area contributed by atoms with Gasteiger partial charge in [-0.25, -0.2) is 0 Å². The average molecular weight is 391 g/mol. The Morgan fingerprint density at radius 2 is 1.86 bits per heavy atom. The summed E-state index contributed by atoms with van der Waals surface area (Å²) in [4.78, 5) is 28.0. The van der Waals surface area contributed by atoms with Crippen molar-refractivity contribution in [2.45, 2.75) is 31.7 Å². The van der Waals surface area contributed by atoms with Crippen LogP contribution in [0.1, 0.15) is 37.3 Å². The fraction of sp³-hybridized carbons (Fsp3) is 0.619. The summed E-state index contributed by atoms with van der Waals surface area (Å²) in [6.07, 6.45) is 3.47. The summed E-state index contributed by atoms with van der Waals surface area (Å²) < 4.78 is 15.8. The Morgan fingerprint density at radius 1 is 1.11 bits per heavy atom. The molecule has 3 rings (SSSR count). The molecule has 1 aromatic carbocycles. The lowest BCUT2D eigenvalue weighted by Crippen LogP contribution is -3.14. The number of quaternary nitrogens is 1. The molecule has 7 heteroatoms. The molecule has 0 aliphatic carbocycles. The van der Waals surface area contributed by atoms with Crippen LogP contribution in [-0.2, 0) is 14.3 Å². The van der Waals surface area contributed by atoms with Crippen molar-refractivity contribution >= 4 is 11.9 Å². The highest BCUT2D eigenvalue weighted by Crippen LogP contribution is 2.38. The van der Waals surface area contributed by atoms with E-state index >= 15 is 0 Å². The zero-order chi connectivity index (χ0) is 20.1. The standard InChI is InChI=1S/C21H30N2O5/c1-26-16-6-7-19(27-2)17(13-16)18-5-4-10-23(18)20(24)14-22-11-8-15(9-12-22)21(25)28-3/h6-7,13,15,18H,4-5,8-12,14H2,1-3H3/p+1/t18-/m1/s1. The topological polar surface area (TPSA) is 69.5 Å². The molecule has 0 bridgehead atoms. The van der Waals surface area contributed by atoms with Crippen molar-refractivity contribution < 1.29 is 28.7 Å². The number of carbonyl (C=O) groups is 2. The number of rotatable bonds is 6. The molecular weight excluding hydrogens is 360 g/mol. The Bertz CT molecular complexity index is 700. The number of amides is 1. The molecule has 7 nitrogen and oxygen atoms in total. The molecule has 2 aliphatic rings. The molecule has 1 amide bonds. The van der Waals surface area contributed by atoms with Crippen LogP contribution in [0.2, 0.25) is 0 Å². The van der Waals surface area contributed by atoms with Crippen molar-refractivity contribution in [3.05, 3.63) is 23.8 Å². The Morgan fingerprint density at radius 3 is 2.50 bits per heavy atom. The first-order valence-corrected chi connectivity index (χ1v) is 10.00. The van der Waals surface area contributed by atoms with Gasteiger partial charge >= 0.3 is 5.97 Å². The summed E-state index contributed by atoms with van der Waals surface area (Å²) in [6.45, 7) is 2.89. The van der Waals surface area contributed by atoms with E-state index in [1.807, 2.05) is 23.1 Å². The van der Waals surface area contributed by atoms with Crippen LogP contribution in [0.25, 0.3) is 0 Å². The van der Waals surface area contributed by atoms with Crippen molar-refractivity contribution in [2.75, 3.05) is 47.5 Å². The lowest BCUT2D eigenvalue weighted by molar-refractivity contribution is -0.898. The van der Waals surface area contributed by atoms with Gasteiger partial charge in [0.05, 0.1) is 46.4 Å². The summed E-state index contributed by atoms with van der Waals surface area (Å²) in [5.74, 6) is 1.57. The van der Waals surface area contributed by atoms with Crippen molar-refractivity contribution in [3.63, 3.8) is 0 Å². The van der Waals surface area contributed by atoms with Crippen LogP contribution in [-0.4, -0.2) is 64.3 Å². The number of likely N-dealkylation sites (tertiary alicyclic amines) is 2. The minimum atomic E-state index is -0.130. The van der Waals surface area contributed by atoms with E-state index in [9.17, 15) is 9.59 Å². The van der Waals surface area contributed by atoms with Gasteiger partial charge < -0.3 is 24.0 Å². The largest absolute Gasteiger partial charge is 0.497 e. The van der Waals surface area contributed by atoms with Gasteiger partial charge in [-0.1, -0.05) is 0 Å². The predicted molar refractivity (Wildman–Crippen MR) is 104 cm³/mol. The molecule has 0 unspecified atom stereocenters. The summed E-state index contributed by atoms with van der Waals surface area (Å²) in [6, 6.07) is 5.77. The molecule has 0 aromatic heterocycles. The zero-order valence-corrected chi connectivity index (χ0v) is 17.0. The fourth-order valence-electron chi connectivity index (χ4n) is 4.41. The minimum Gasteiger partial charge on any atom is -0.497 e. The number of carbonyl (C=O) groups excluding carboxylic acids is 2. The molecule has 1 N–H and O–H groups in total. The second-order valence-electron chi connectivity index (χ2n) is 7.58. The molecule has 2 aliphatic heterocycles. The van der Waals surface area contributed by atoms with Gasteiger partial charge in [-0.15, -0.1) is 0 Å². The number of esters is 1. The van der Waals surface area contributed by atoms with Crippen LogP contribution < -0.4 is 14.4 Å². The Hall–Kier alpha value is -2.28. The Labute approximate surface area is 166 Å². The van der Waals surface area contributed by atoms with E-state index in [1.165, 1.54) is 12.0 Å². The molecule has 2 heterocycles. The third kappa shape index (κ3) is 4.41. The third-order valence-electron chi connectivity index (χ3n) is 6.00.